The van der Waals surface area contributed by atoms with Crippen molar-refractivity contribution < 1.29 is 9.53 Å². The molecule has 0 aromatic heterocycles. The fourth-order valence-electron chi connectivity index (χ4n) is 2.85. The Morgan fingerprint density at radius 2 is 2.15 bits per heavy atom. The second kappa shape index (κ2) is 3.52. The van der Waals surface area contributed by atoms with Crippen molar-refractivity contribution in [1.29, 1.82) is 0 Å². The molecule has 2 rings (SSSR count). The lowest BCUT2D eigenvalue weighted by atomic mass is 9.99. The third kappa shape index (κ3) is 1.62. The van der Waals surface area contributed by atoms with Crippen LogP contribution in [-0.4, -0.2) is 12.1 Å². The molecule has 0 radical (unpaired) electrons. The normalized spacial score (nSPS) is 37.1. The Hall–Kier alpha value is -0.790. The summed E-state index contributed by atoms with van der Waals surface area (Å²) in [6, 6.07) is 0. The van der Waals surface area contributed by atoms with Crippen LogP contribution < -0.4 is 0 Å². The van der Waals surface area contributed by atoms with Gasteiger partial charge in [-0.15, -0.1) is 0 Å². The Labute approximate surface area is 79.0 Å². The van der Waals surface area contributed by atoms with Gasteiger partial charge >= 0.3 is 5.97 Å². The first-order valence-electron chi connectivity index (χ1n) is 5.14. The van der Waals surface area contributed by atoms with Crippen LogP contribution in [0.1, 0.15) is 32.1 Å². The van der Waals surface area contributed by atoms with Gasteiger partial charge in [0.15, 0.2) is 0 Å². The van der Waals surface area contributed by atoms with E-state index in [1.807, 2.05) is 0 Å². The van der Waals surface area contributed by atoms with Gasteiger partial charge in [0.05, 0.1) is 0 Å². The van der Waals surface area contributed by atoms with Crippen molar-refractivity contribution in [3.8, 4) is 0 Å². The number of carbonyl (C=O) groups excluding carboxylic acids is 1. The first-order valence-corrected chi connectivity index (χ1v) is 5.14. The lowest BCUT2D eigenvalue weighted by molar-refractivity contribution is -0.144. The molecule has 2 fully saturated rings. The number of carbonyl (C=O) groups is 1. The lowest BCUT2D eigenvalue weighted by Crippen LogP contribution is -2.21. The number of esters is 1. The summed E-state index contributed by atoms with van der Waals surface area (Å²) in [6.45, 7) is 3.41. The van der Waals surface area contributed by atoms with E-state index in [0.717, 1.165) is 12.3 Å². The summed E-state index contributed by atoms with van der Waals surface area (Å²) in [5.41, 5.74) is 0. The zero-order chi connectivity index (χ0) is 9.26. The van der Waals surface area contributed by atoms with Crippen LogP contribution in [0.25, 0.3) is 0 Å². The van der Waals surface area contributed by atoms with E-state index in [1.165, 1.54) is 31.8 Å². The standard InChI is InChI=1S/C11H16O2/c1-2-11(12)13-10-7-6-8-4-3-5-9(8)10/h2,8-10H,1,3-7H2. The van der Waals surface area contributed by atoms with Gasteiger partial charge in [-0.25, -0.2) is 4.79 Å². The molecule has 2 nitrogen and oxygen atoms in total. The number of hydrogen-bond acceptors (Lipinski definition) is 2. The van der Waals surface area contributed by atoms with E-state index in [9.17, 15) is 4.79 Å². The second-order valence-electron chi connectivity index (χ2n) is 4.11. The maximum absolute atomic E-state index is 11.0. The van der Waals surface area contributed by atoms with Crippen LogP contribution in [0.5, 0.6) is 0 Å². The molecule has 0 saturated heterocycles. The summed E-state index contributed by atoms with van der Waals surface area (Å²) in [5.74, 6) is 1.24. The molecule has 0 aromatic rings. The number of fused-ring (bicyclic) bond motifs is 1. The van der Waals surface area contributed by atoms with Crippen molar-refractivity contribution in [2.45, 2.75) is 38.2 Å². The van der Waals surface area contributed by atoms with Gasteiger partial charge in [-0.2, -0.15) is 0 Å². The third-order valence-electron chi connectivity index (χ3n) is 3.45. The van der Waals surface area contributed by atoms with Crippen molar-refractivity contribution in [2.75, 3.05) is 0 Å². The molecule has 3 unspecified atom stereocenters. The topological polar surface area (TPSA) is 26.3 Å². The van der Waals surface area contributed by atoms with Gasteiger partial charge in [-0.3, -0.25) is 0 Å². The van der Waals surface area contributed by atoms with E-state index in [-0.39, 0.29) is 12.1 Å². The first kappa shape index (κ1) is 8.79. The molecule has 2 heteroatoms. The van der Waals surface area contributed by atoms with Gasteiger partial charge in [0, 0.05) is 6.08 Å². The van der Waals surface area contributed by atoms with Gasteiger partial charge < -0.3 is 4.74 Å². The smallest absolute Gasteiger partial charge is 0.330 e. The van der Waals surface area contributed by atoms with Gasteiger partial charge in [0.1, 0.15) is 6.10 Å². The fraction of sp³-hybridized carbons (Fsp3) is 0.727. The monoisotopic (exact) mass is 180 g/mol. The zero-order valence-electron chi connectivity index (χ0n) is 7.87. The Morgan fingerprint density at radius 3 is 2.92 bits per heavy atom. The van der Waals surface area contributed by atoms with Crippen LogP contribution in [0, 0.1) is 11.8 Å². The quantitative estimate of drug-likeness (QED) is 0.481. The number of rotatable bonds is 2. The highest BCUT2D eigenvalue weighted by Crippen LogP contribution is 2.45. The molecule has 0 heterocycles. The average Bonchev–Trinajstić information content (AvgIpc) is 2.69. The molecule has 0 spiro atoms. The maximum atomic E-state index is 11.0. The minimum absolute atomic E-state index is 0.193. The number of hydrogen-bond donors (Lipinski definition) is 0. The van der Waals surface area contributed by atoms with E-state index in [1.54, 1.807) is 0 Å². The van der Waals surface area contributed by atoms with Crippen LogP contribution in [0.2, 0.25) is 0 Å². The van der Waals surface area contributed by atoms with Crippen molar-refractivity contribution >= 4 is 5.97 Å². The van der Waals surface area contributed by atoms with Gasteiger partial charge in [-0.1, -0.05) is 19.4 Å². The Bertz CT molecular complexity index is 222. The van der Waals surface area contributed by atoms with Crippen LogP contribution in [-0.2, 0) is 9.53 Å². The predicted molar refractivity (Wildman–Crippen MR) is 50.1 cm³/mol. The molecule has 2 aliphatic rings. The third-order valence-corrected chi connectivity index (χ3v) is 3.45. The summed E-state index contributed by atoms with van der Waals surface area (Å²) in [5, 5.41) is 0. The van der Waals surface area contributed by atoms with E-state index in [2.05, 4.69) is 6.58 Å². The SMILES string of the molecule is C=CC(=O)OC1CCC2CCCC21. The van der Waals surface area contributed by atoms with Crippen molar-refractivity contribution in [3.05, 3.63) is 12.7 Å². The zero-order valence-corrected chi connectivity index (χ0v) is 7.87. The maximum Gasteiger partial charge on any atom is 0.330 e. The van der Waals surface area contributed by atoms with Crippen LogP contribution in [0.4, 0.5) is 0 Å². The Balaban J connectivity index is 1.93. The molecular formula is C11H16O2. The van der Waals surface area contributed by atoms with Crippen molar-refractivity contribution in [3.63, 3.8) is 0 Å². The van der Waals surface area contributed by atoms with Gasteiger partial charge in [0.25, 0.3) is 0 Å². The summed E-state index contributed by atoms with van der Waals surface area (Å²) in [4.78, 5) is 11.0. The summed E-state index contributed by atoms with van der Waals surface area (Å²) in [6.07, 6.45) is 7.68. The summed E-state index contributed by atoms with van der Waals surface area (Å²) in [7, 11) is 0. The van der Waals surface area contributed by atoms with Crippen molar-refractivity contribution in [2.24, 2.45) is 11.8 Å². The van der Waals surface area contributed by atoms with Crippen LogP contribution in [0.3, 0.4) is 0 Å². The van der Waals surface area contributed by atoms with E-state index >= 15 is 0 Å². The van der Waals surface area contributed by atoms with E-state index in [0.29, 0.717) is 5.92 Å². The van der Waals surface area contributed by atoms with Crippen LogP contribution >= 0.6 is 0 Å². The predicted octanol–water partition coefficient (Wildman–Crippen LogP) is 2.29. The average molecular weight is 180 g/mol. The molecule has 0 aromatic carbocycles. The largest absolute Gasteiger partial charge is 0.459 e. The van der Waals surface area contributed by atoms with Gasteiger partial charge in [-0.05, 0) is 31.1 Å². The molecule has 13 heavy (non-hydrogen) atoms. The Morgan fingerprint density at radius 1 is 1.31 bits per heavy atom. The molecule has 2 aliphatic carbocycles. The minimum atomic E-state index is -0.252. The first-order chi connectivity index (χ1) is 6.31. The molecular weight excluding hydrogens is 164 g/mol. The van der Waals surface area contributed by atoms with Crippen LogP contribution in [0.15, 0.2) is 12.7 Å². The highest BCUT2D eigenvalue weighted by Gasteiger charge is 2.40. The molecule has 72 valence electrons. The highest BCUT2D eigenvalue weighted by molar-refractivity contribution is 5.81. The van der Waals surface area contributed by atoms with Crippen molar-refractivity contribution in [1.82, 2.24) is 0 Å². The highest BCUT2D eigenvalue weighted by atomic mass is 16.5. The second-order valence-corrected chi connectivity index (χ2v) is 4.11. The van der Waals surface area contributed by atoms with E-state index in [4.69, 9.17) is 4.74 Å². The van der Waals surface area contributed by atoms with E-state index < -0.39 is 0 Å². The summed E-state index contributed by atoms with van der Waals surface area (Å²) < 4.78 is 5.32. The molecule has 0 bridgehead atoms. The molecule has 0 amide bonds. The molecule has 0 aliphatic heterocycles. The lowest BCUT2D eigenvalue weighted by Gasteiger charge is -2.17. The molecule has 2 saturated carbocycles. The summed E-state index contributed by atoms with van der Waals surface area (Å²) >= 11 is 0. The molecule has 3 atom stereocenters. The molecule has 0 N–H and O–H groups in total. The minimum Gasteiger partial charge on any atom is -0.459 e. The van der Waals surface area contributed by atoms with Gasteiger partial charge in [0.2, 0.25) is 0 Å². The number of ether oxygens (including phenoxy) is 1. The fourth-order valence-corrected chi connectivity index (χ4v) is 2.85. The Kier molecular flexibility index (Phi) is 2.38.